The number of rotatable bonds is 8. The average molecular weight is 289 g/mol. The van der Waals surface area contributed by atoms with Crippen molar-refractivity contribution in [3.05, 3.63) is 48.3 Å². The third kappa shape index (κ3) is 4.29. The molecule has 3 rings (SSSR count). The zero-order chi connectivity index (χ0) is 14.5. The minimum absolute atomic E-state index is 0.214. The smallest absolute Gasteiger partial charge is 0.123 e. The van der Waals surface area contributed by atoms with Crippen LogP contribution in [0.25, 0.3) is 0 Å². The highest BCUT2D eigenvalue weighted by atomic mass is 19.1. The van der Waals surface area contributed by atoms with E-state index in [0.29, 0.717) is 19.2 Å². The molecule has 1 aromatic carbocycles. The second-order valence-electron chi connectivity index (χ2n) is 5.41. The van der Waals surface area contributed by atoms with Gasteiger partial charge in [-0.15, -0.1) is 0 Å². The number of aromatic nitrogens is 2. The lowest BCUT2D eigenvalue weighted by Gasteiger charge is -2.12. The summed E-state index contributed by atoms with van der Waals surface area (Å²) in [5.41, 5.74) is 0.893. The van der Waals surface area contributed by atoms with Gasteiger partial charge in [-0.3, -0.25) is 0 Å². The molecule has 1 aliphatic rings. The molecule has 1 aliphatic carbocycles. The number of imidazole rings is 1. The maximum atomic E-state index is 13.4. The summed E-state index contributed by atoms with van der Waals surface area (Å²) in [5, 5.41) is 3.39. The van der Waals surface area contributed by atoms with Crippen molar-refractivity contribution in [1.82, 2.24) is 14.9 Å². The van der Waals surface area contributed by atoms with Crippen LogP contribution in [-0.2, 0) is 13.1 Å². The lowest BCUT2D eigenvalue weighted by molar-refractivity contribution is 0.297. The molecule has 0 atom stereocenters. The van der Waals surface area contributed by atoms with Crippen LogP contribution in [0.1, 0.15) is 24.8 Å². The number of halogens is 1. The molecular formula is C16H20FN3O. The van der Waals surface area contributed by atoms with Crippen molar-refractivity contribution in [2.45, 2.75) is 38.4 Å². The van der Waals surface area contributed by atoms with Crippen molar-refractivity contribution in [1.29, 1.82) is 0 Å². The molecule has 1 aromatic heterocycles. The molecule has 1 N–H and O–H groups in total. The van der Waals surface area contributed by atoms with E-state index in [1.807, 2.05) is 10.8 Å². The Morgan fingerprint density at radius 2 is 2.29 bits per heavy atom. The van der Waals surface area contributed by atoms with Gasteiger partial charge < -0.3 is 14.6 Å². The fourth-order valence-electron chi connectivity index (χ4n) is 2.22. The number of benzene rings is 1. The largest absolute Gasteiger partial charge is 0.493 e. The van der Waals surface area contributed by atoms with Gasteiger partial charge in [-0.1, -0.05) is 0 Å². The summed E-state index contributed by atoms with van der Waals surface area (Å²) in [4.78, 5) is 4.00. The topological polar surface area (TPSA) is 39.1 Å². The van der Waals surface area contributed by atoms with Crippen LogP contribution in [0.3, 0.4) is 0 Å². The third-order valence-electron chi connectivity index (χ3n) is 3.56. The molecule has 1 fully saturated rings. The van der Waals surface area contributed by atoms with E-state index in [4.69, 9.17) is 4.74 Å². The number of nitrogens with one attached hydrogen (secondary N) is 1. The van der Waals surface area contributed by atoms with E-state index in [1.54, 1.807) is 24.7 Å². The minimum Gasteiger partial charge on any atom is -0.493 e. The molecule has 0 radical (unpaired) electrons. The highest BCUT2D eigenvalue weighted by Gasteiger charge is 2.20. The molecule has 0 saturated heterocycles. The predicted molar refractivity (Wildman–Crippen MR) is 78.6 cm³/mol. The quantitative estimate of drug-likeness (QED) is 0.760. The van der Waals surface area contributed by atoms with Crippen LogP contribution in [0.4, 0.5) is 4.39 Å². The molecular weight excluding hydrogens is 269 g/mol. The van der Waals surface area contributed by atoms with E-state index >= 15 is 0 Å². The van der Waals surface area contributed by atoms with Crippen LogP contribution < -0.4 is 10.1 Å². The zero-order valence-electron chi connectivity index (χ0n) is 12.0. The Hall–Kier alpha value is -1.88. The minimum atomic E-state index is -0.214. The van der Waals surface area contributed by atoms with E-state index in [9.17, 15) is 4.39 Å². The van der Waals surface area contributed by atoms with Gasteiger partial charge in [0.1, 0.15) is 11.6 Å². The molecule has 2 aromatic rings. The zero-order valence-corrected chi connectivity index (χ0v) is 12.0. The number of hydrogen-bond acceptors (Lipinski definition) is 3. The number of nitrogens with zero attached hydrogens (tertiary/aromatic N) is 2. The van der Waals surface area contributed by atoms with Crippen molar-refractivity contribution in [3.63, 3.8) is 0 Å². The summed E-state index contributed by atoms with van der Waals surface area (Å²) in [7, 11) is 0. The third-order valence-corrected chi connectivity index (χ3v) is 3.56. The van der Waals surface area contributed by atoms with Crippen LogP contribution in [0.15, 0.2) is 36.9 Å². The summed E-state index contributed by atoms with van der Waals surface area (Å²) in [6.45, 7) is 2.15. The molecule has 0 spiro atoms. The molecule has 1 heterocycles. The Morgan fingerprint density at radius 3 is 3.05 bits per heavy atom. The van der Waals surface area contributed by atoms with Gasteiger partial charge in [-0.2, -0.15) is 0 Å². The first-order valence-electron chi connectivity index (χ1n) is 7.41. The highest BCUT2D eigenvalue weighted by Crippen LogP contribution is 2.23. The van der Waals surface area contributed by atoms with Crippen LogP contribution in [0, 0.1) is 5.82 Å². The fraction of sp³-hybridized carbons (Fsp3) is 0.438. The molecule has 4 nitrogen and oxygen atoms in total. The monoisotopic (exact) mass is 289 g/mol. The van der Waals surface area contributed by atoms with Crippen LogP contribution in [0.2, 0.25) is 0 Å². The molecule has 0 unspecified atom stereocenters. The van der Waals surface area contributed by atoms with Crippen LogP contribution >= 0.6 is 0 Å². The van der Waals surface area contributed by atoms with Crippen molar-refractivity contribution >= 4 is 0 Å². The molecule has 21 heavy (non-hydrogen) atoms. The van der Waals surface area contributed by atoms with Gasteiger partial charge in [-0.05, 0) is 37.5 Å². The van der Waals surface area contributed by atoms with E-state index in [0.717, 1.165) is 24.3 Å². The Morgan fingerprint density at radius 1 is 1.38 bits per heavy atom. The second-order valence-corrected chi connectivity index (χ2v) is 5.41. The van der Waals surface area contributed by atoms with Crippen molar-refractivity contribution in [2.24, 2.45) is 0 Å². The summed E-state index contributed by atoms with van der Waals surface area (Å²) in [5.74, 6) is 0.559. The lowest BCUT2D eigenvalue weighted by atomic mass is 10.2. The average Bonchev–Trinajstić information content (AvgIpc) is 3.17. The standard InChI is InChI=1S/C16H20FN3O/c17-14-2-5-16(13(10-14)11-19-15-3-4-15)21-9-1-7-20-8-6-18-12-20/h2,5-6,8,10,12,15,19H,1,3-4,7,9,11H2. The van der Waals surface area contributed by atoms with Gasteiger partial charge in [0.15, 0.2) is 0 Å². The second kappa shape index (κ2) is 6.72. The Balaban J connectivity index is 1.50. The normalized spacial score (nSPS) is 14.3. The Bertz CT molecular complexity index is 567. The predicted octanol–water partition coefficient (Wildman–Crippen LogP) is 2.74. The molecule has 0 amide bonds. The van der Waals surface area contributed by atoms with Crippen LogP contribution in [0.5, 0.6) is 5.75 Å². The highest BCUT2D eigenvalue weighted by molar-refractivity contribution is 5.34. The van der Waals surface area contributed by atoms with Crippen molar-refractivity contribution in [2.75, 3.05) is 6.61 Å². The SMILES string of the molecule is Fc1ccc(OCCCn2ccnc2)c(CNC2CC2)c1. The van der Waals surface area contributed by atoms with Crippen LogP contribution in [-0.4, -0.2) is 22.2 Å². The molecule has 1 saturated carbocycles. The van der Waals surface area contributed by atoms with Gasteiger partial charge in [0.2, 0.25) is 0 Å². The summed E-state index contributed by atoms with van der Waals surface area (Å²) in [6, 6.07) is 5.32. The van der Waals surface area contributed by atoms with Crippen molar-refractivity contribution in [3.8, 4) is 5.75 Å². The van der Waals surface area contributed by atoms with Gasteiger partial charge in [0, 0.05) is 37.1 Å². The molecule has 0 aliphatic heterocycles. The van der Waals surface area contributed by atoms with E-state index in [1.165, 1.54) is 18.9 Å². The number of hydrogen-bond donors (Lipinski definition) is 1. The first kappa shape index (κ1) is 14.1. The first-order valence-corrected chi connectivity index (χ1v) is 7.41. The Kier molecular flexibility index (Phi) is 4.50. The summed E-state index contributed by atoms with van der Waals surface area (Å²) in [6.07, 6.45) is 8.82. The van der Waals surface area contributed by atoms with Gasteiger partial charge >= 0.3 is 0 Å². The van der Waals surface area contributed by atoms with E-state index < -0.39 is 0 Å². The fourth-order valence-corrected chi connectivity index (χ4v) is 2.22. The maximum Gasteiger partial charge on any atom is 0.123 e. The molecule has 112 valence electrons. The van der Waals surface area contributed by atoms with Crippen molar-refractivity contribution < 1.29 is 9.13 Å². The Labute approximate surface area is 124 Å². The molecule has 0 bridgehead atoms. The lowest BCUT2D eigenvalue weighted by Crippen LogP contribution is -2.16. The van der Waals surface area contributed by atoms with E-state index in [-0.39, 0.29) is 5.82 Å². The van der Waals surface area contributed by atoms with Gasteiger partial charge in [-0.25, -0.2) is 9.37 Å². The maximum absolute atomic E-state index is 13.4. The number of ether oxygens (including phenoxy) is 1. The molecule has 5 heteroatoms. The summed E-state index contributed by atoms with van der Waals surface area (Å²) >= 11 is 0. The van der Waals surface area contributed by atoms with Gasteiger partial charge in [0.25, 0.3) is 0 Å². The van der Waals surface area contributed by atoms with Gasteiger partial charge in [0.05, 0.1) is 12.9 Å². The van der Waals surface area contributed by atoms with E-state index in [2.05, 4.69) is 10.3 Å². The summed E-state index contributed by atoms with van der Waals surface area (Å²) < 4.78 is 21.2. The first-order chi connectivity index (χ1) is 10.3. The number of aryl methyl sites for hydroxylation is 1.